The lowest BCUT2D eigenvalue weighted by Gasteiger charge is -2.28. The molecule has 0 spiro atoms. The van der Waals surface area contributed by atoms with E-state index in [1.165, 1.54) is 5.56 Å². The number of aromatic nitrogens is 1. The number of β-amino-alcohol motifs (C(OH)–C–C–N with tert-alkyl or cyclic N) is 1. The number of ether oxygens (including phenoxy) is 1. The van der Waals surface area contributed by atoms with Crippen LogP contribution >= 0.6 is 0 Å². The van der Waals surface area contributed by atoms with Gasteiger partial charge in [0.25, 0.3) is 0 Å². The molecule has 5 nitrogen and oxygen atoms in total. The van der Waals surface area contributed by atoms with Crippen LogP contribution in [0.15, 0.2) is 42.6 Å². The summed E-state index contributed by atoms with van der Waals surface area (Å²) in [5.41, 5.74) is 7.48. The van der Waals surface area contributed by atoms with E-state index in [0.717, 1.165) is 24.2 Å². The molecule has 0 amide bonds. The van der Waals surface area contributed by atoms with E-state index < -0.39 is 6.10 Å². The highest BCUT2D eigenvalue weighted by Gasteiger charge is 2.19. The molecular formula is C19H27N3O2. The molecule has 1 atom stereocenters. The summed E-state index contributed by atoms with van der Waals surface area (Å²) in [6.45, 7) is 4.75. The van der Waals surface area contributed by atoms with Crippen LogP contribution < -0.4 is 15.8 Å². The molecule has 0 fully saturated rings. The molecule has 24 heavy (non-hydrogen) atoms. The molecule has 5 heteroatoms. The minimum Gasteiger partial charge on any atom is -0.497 e. The molecule has 0 saturated heterocycles. The van der Waals surface area contributed by atoms with Crippen LogP contribution in [-0.2, 0) is 6.42 Å². The summed E-state index contributed by atoms with van der Waals surface area (Å²) in [6, 6.07) is 11.6. The van der Waals surface area contributed by atoms with Gasteiger partial charge >= 0.3 is 0 Å². The number of anilines is 1. The first-order valence-electron chi connectivity index (χ1n) is 8.17. The van der Waals surface area contributed by atoms with Crippen LogP contribution in [0.25, 0.3) is 0 Å². The topological polar surface area (TPSA) is 80.4 Å². The maximum atomic E-state index is 10.3. The Hall–Kier alpha value is -2.11. The fraction of sp³-hybridized carbons (Fsp3) is 0.421. The first-order chi connectivity index (χ1) is 11.4. The predicted molar refractivity (Wildman–Crippen MR) is 97.0 cm³/mol. The summed E-state index contributed by atoms with van der Waals surface area (Å²) < 4.78 is 5.26. The summed E-state index contributed by atoms with van der Waals surface area (Å²) in [5, 5.41) is 13.7. The molecule has 1 aromatic carbocycles. The minimum absolute atomic E-state index is 0.0920. The van der Waals surface area contributed by atoms with Gasteiger partial charge in [-0.2, -0.15) is 0 Å². The molecule has 0 aliphatic carbocycles. The average molecular weight is 329 g/mol. The molecule has 0 saturated carbocycles. The van der Waals surface area contributed by atoms with Crippen LogP contribution in [0.1, 0.15) is 37.5 Å². The van der Waals surface area contributed by atoms with Crippen LogP contribution in [0, 0.1) is 0 Å². The molecule has 2 rings (SSSR count). The molecule has 130 valence electrons. The minimum atomic E-state index is -0.603. The van der Waals surface area contributed by atoms with E-state index in [9.17, 15) is 5.11 Å². The lowest BCUT2D eigenvalue weighted by molar-refractivity contribution is 0.159. The van der Waals surface area contributed by atoms with E-state index in [4.69, 9.17) is 10.5 Å². The highest BCUT2D eigenvalue weighted by Crippen LogP contribution is 2.19. The van der Waals surface area contributed by atoms with Crippen molar-refractivity contribution in [3.63, 3.8) is 0 Å². The van der Waals surface area contributed by atoms with Crippen LogP contribution in [0.2, 0.25) is 0 Å². The van der Waals surface area contributed by atoms with Gasteiger partial charge in [-0.1, -0.05) is 18.2 Å². The second-order valence-corrected chi connectivity index (χ2v) is 6.65. The Balaban J connectivity index is 1.85. The third kappa shape index (κ3) is 5.51. The SMILES string of the molecule is COc1cccc(CCC(C)(C)NCC(O)c2ccc(N)nc2)c1. The van der Waals surface area contributed by atoms with Crippen molar-refractivity contribution >= 4 is 5.82 Å². The Morgan fingerprint density at radius 3 is 2.75 bits per heavy atom. The van der Waals surface area contributed by atoms with Crippen molar-refractivity contribution in [2.45, 2.75) is 38.3 Å². The van der Waals surface area contributed by atoms with Crippen molar-refractivity contribution in [2.75, 3.05) is 19.4 Å². The smallest absolute Gasteiger partial charge is 0.123 e. The number of hydrogen-bond donors (Lipinski definition) is 3. The quantitative estimate of drug-likeness (QED) is 0.694. The lowest BCUT2D eigenvalue weighted by atomic mass is 9.94. The van der Waals surface area contributed by atoms with Crippen molar-refractivity contribution < 1.29 is 9.84 Å². The number of nitrogens with zero attached hydrogens (tertiary/aromatic N) is 1. The number of nitrogens with one attached hydrogen (secondary N) is 1. The number of benzene rings is 1. The number of nitrogen functional groups attached to an aromatic ring is 1. The third-order valence-electron chi connectivity index (χ3n) is 4.14. The van der Waals surface area contributed by atoms with Gasteiger partial charge in [0.15, 0.2) is 0 Å². The highest BCUT2D eigenvalue weighted by molar-refractivity contribution is 5.30. The molecule has 0 aliphatic rings. The zero-order chi connectivity index (χ0) is 17.6. The van der Waals surface area contributed by atoms with Gasteiger partial charge < -0.3 is 20.9 Å². The standard InChI is InChI=1S/C19H27N3O2/c1-19(2,10-9-14-5-4-6-16(11-14)24-3)22-13-17(23)15-7-8-18(20)21-12-15/h4-8,11-12,17,22-23H,9-10,13H2,1-3H3,(H2,20,21). The first-order valence-corrected chi connectivity index (χ1v) is 8.17. The maximum absolute atomic E-state index is 10.3. The van der Waals surface area contributed by atoms with Crippen molar-refractivity contribution in [3.05, 3.63) is 53.7 Å². The molecule has 1 aromatic heterocycles. The summed E-state index contributed by atoms with van der Waals surface area (Å²) in [7, 11) is 1.68. The van der Waals surface area contributed by atoms with E-state index in [0.29, 0.717) is 12.4 Å². The molecule has 0 bridgehead atoms. The summed E-state index contributed by atoms with van der Waals surface area (Å²) in [5.74, 6) is 1.34. The molecule has 0 aliphatic heterocycles. The summed E-state index contributed by atoms with van der Waals surface area (Å²) in [6.07, 6.45) is 2.91. The average Bonchev–Trinajstić information content (AvgIpc) is 2.59. The number of aryl methyl sites for hydroxylation is 1. The number of rotatable bonds is 8. The number of aliphatic hydroxyl groups excluding tert-OH is 1. The summed E-state index contributed by atoms with van der Waals surface area (Å²) >= 11 is 0. The van der Waals surface area contributed by atoms with E-state index in [1.54, 1.807) is 25.4 Å². The molecular weight excluding hydrogens is 302 g/mol. The highest BCUT2D eigenvalue weighted by atomic mass is 16.5. The second kappa shape index (κ2) is 8.13. The van der Waals surface area contributed by atoms with Gasteiger partial charge in [-0.15, -0.1) is 0 Å². The van der Waals surface area contributed by atoms with Gasteiger partial charge in [-0.3, -0.25) is 0 Å². The fourth-order valence-corrected chi connectivity index (χ4v) is 2.48. The Labute approximate surface area is 143 Å². The van der Waals surface area contributed by atoms with Gasteiger partial charge in [0.2, 0.25) is 0 Å². The van der Waals surface area contributed by atoms with Gasteiger partial charge in [0, 0.05) is 23.8 Å². The lowest BCUT2D eigenvalue weighted by Crippen LogP contribution is -2.42. The van der Waals surface area contributed by atoms with Gasteiger partial charge in [0.05, 0.1) is 13.2 Å². The van der Waals surface area contributed by atoms with E-state index in [2.05, 4.69) is 36.3 Å². The molecule has 1 heterocycles. The molecule has 1 unspecified atom stereocenters. The number of aliphatic hydroxyl groups is 1. The van der Waals surface area contributed by atoms with Gasteiger partial charge in [0.1, 0.15) is 11.6 Å². The van der Waals surface area contributed by atoms with Crippen molar-refractivity contribution in [2.24, 2.45) is 0 Å². The normalized spacial score (nSPS) is 12.8. The first kappa shape index (κ1) is 18.2. The number of pyridine rings is 1. The Kier molecular flexibility index (Phi) is 6.17. The van der Waals surface area contributed by atoms with Crippen molar-refractivity contribution in [3.8, 4) is 5.75 Å². The van der Waals surface area contributed by atoms with Crippen molar-refractivity contribution in [1.82, 2.24) is 10.3 Å². The van der Waals surface area contributed by atoms with Gasteiger partial charge in [-0.25, -0.2) is 4.98 Å². The van der Waals surface area contributed by atoms with E-state index >= 15 is 0 Å². The van der Waals surface area contributed by atoms with Crippen LogP contribution in [0.4, 0.5) is 5.82 Å². The largest absolute Gasteiger partial charge is 0.497 e. The number of hydrogen-bond acceptors (Lipinski definition) is 5. The monoisotopic (exact) mass is 329 g/mol. The third-order valence-corrected chi connectivity index (χ3v) is 4.14. The van der Waals surface area contributed by atoms with Crippen LogP contribution in [-0.4, -0.2) is 29.3 Å². The molecule has 2 aromatic rings. The fourth-order valence-electron chi connectivity index (χ4n) is 2.48. The Morgan fingerprint density at radius 1 is 1.29 bits per heavy atom. The van der Waals surface area contributed by atoms with Crippen molar-refractivity contribution in [1.29, 1.82) is 0 Å². The zero-order valence-corrected chi connectivity index (χ0v) is 14.6. The molecule has 4 N–H and O–H groups in total. The molecule has 0 radical (unpaired) electrons. The number of methoxy groups -OCH3 is 1. The maximum Gasteiger partial charge on any atom is 0.123 e. The van der Waals surface area contributed by atoms with Crippen LogP contribution in [0.3, 0.4) is 0 Å². The second-order valence-electron chi connectivity index (χ2n) is 6.65. The van der Waals surface area contributed by atoms with Gasteiger partial charge in [-0.05, 0) is 50.5 Å². The number of nitrogens with two attached hydrogens (primary N) is 1. The predicted octanol–water partition coefficient (Wildman–Crippen LogP) is 2.71. The zero-order valence-electron chi connectivity index (χ0n) is 14.6. The Bertz CT molecular complexity index is 641. The van der Waals surface area contributed by atoms with Crippen LogP contribution in [0.5, 0.6) is 5.75 Å². The van der Waals surface area contributed by atoms with E-state index in [1.807, 2.05) is 12.1 Å². The Morgan fingerprint density at radius 2 is 2.08 bits per heavy atom. The summed E-state index contributed by atoms with van der Waals surface area (Å²) in [4.78, 5) is 4.02. The van der Waals surface area contributed by atoms with E-state index in [-0.39, 0.29) is 5.54 Å².